The number of hydrogen-bond donors (Lipinski definition) is 0. The molecule has 102 valence electrons. The highest BCUT2D eigenvalue weighted by atomic mass is 79.9. The lowest BCUT2D eigenvalue weighted by Crippen LogP contribution is -2.22. The van der Waals surface area contributed by atoms with Crippen molar-refractivity contribution < 1.29 is 0 Å². The van der Waals surface area contributed by atoms with Crippen molar-refractivity contribution in [2.24, 2.45) is 0 Å². The Morgan fingerprint density at radius 3 is 1.55 bits per heavy atom. The number of fused-ring (bicyclic) bond motifs is 2. The highest BCUT2D eigenvalue weighted by Gasteiger charge is 2.15. The van der Waals surface area contributed by atoms with Crippen LogP contribution in [0.3, 0.4) is 0 Å². The van der Waals surface area contributed by atoms with Gasteiger partial charge in [0.2, 0.25) is 0 Å². The Balaban J connectivity index is 2.52. The zero-order valence-electron chi connectivity index (χ0n) is 11.9. The number of anilines is 1. The van der Waals surface area contributed by atoms with Gasteiger partial charge in [-0.2, -0.15) is 0 Å². The van der Waals surface area contributed by atoms with E-state index in [9.17, 15) is 0 Å². The molecule has 0 amide bonds. The van der Waals surface area contributed by atoms with Crippen molar-refractivity contribution in [3.63, 3.8) is 0 Å². The number of hydrogen-bond acceptors (Lipinski definition) is 1. The number of rotatable bonds is 3. The third kappa shape index (κ3) is 1.99. The van der Waals surface area contributed by atoms with Crippen LogP contribution in [-0.4, -0.2) is 13.1 Å². The lowest BCUT2D eigenvalue weighted by Gasteiger charge is -2.25. The van der Waals surface area contributed by atoms with E-state index in [4.69, 9.17) is 0 Å². The number of benzene rings is 3. The molecule has 0 aromatic heterocycles. The zero-order chi connectivity index (χ0) is 14.1. The van der Waals surface area contributed by atoms with Crippen LogP contribution < -0.4 is 4.90 Å². The molecule has 0 aliphatic heterocycles. The summed E-state index contributed by atoms with van der Waals surface area (Å²) in [4.78, 5) is 2.44. The second kappa shape index (κ2) is 5.45. The van der Waals surface area contributed by atoms with Crippen molar-refractivity contribution in [1.82, 2.24) is 0 Å². The maximum atomic E-state index is 3.79. The first-order valence-electron chi connectivity index (χ1n) is 7.11. The molecule has 0 fully saturated rings. The van der Waals surface area contributed by atoms with E-state index in [1.807, 2.05) is 0 Å². The fraction of sp³-hybridized carbons (Fsp3) is 0.222. The van der Waals surface area contributed by atoms with E-state index in [0.717, 1.165) is 13.1 Å². The Morgan fingerprint density at radius 1 is 0.750 bits per heavy atom. The summed E-state index contributed by atoms with van der Waals surface area (Å²) in [7, 11) is 0. The minimum Gasteiger partial charge on any atom is -0.371 e. The average molecular weight is 328 g/mol. The molecule has 0 atom stereocenters. The molecule has 20 heavy (non-hydrogen) atoms. The smallest absolute Gasteiger partial charge is 0.0526 e. The van der Waals surface area contributed by atoms with Gasteiger partial charge < -0.3 is 4.90 Å². The van der Waals surface area contributed by atoms with Gasteiger partial charge in [-0.1, -0.05) is 48.5 Å². The quantitative estimate of drug-likeness (QED) is 0.566. The minimum absolute atomic E-state index is 1.02. The largest absolute Gasteiger partial charge is 0.371 e. The molecule has 0 aliphatic carbocycles. The Morgan fingerprint density at radius 2 is 1.15 bits per heavy atom. The molecule has 3 aromatic carbocycles. The molecule has 0 unspecified atom stereocenters. The van der Waals surface area contributed by atoms with Gasteiger partial charge in [0, 0.05) is 28.3 Å². The molecular weight excluding hydrogens is 310 g/mol. The first-order chi connectivity index (χ1) is 9.77. The van der Waals surface area contributed by atoms with Gasteiger partial charge in [0.15, 0.2) is 0 Å². The molecule has 1 nitrogen and oxygen atoms in total. The molecular formula is C18H18BrN. The van der Waals surface area contributed by atoms with Gasteiger partial charge in [-0.25, -0.2) is 0 Å². The first-order valence-corrected chi connectivity index (χ1v) is 7.91. The maximum absolute atomic E-state index is 3.79. The van der Waals surface area contributed by atoms with E-state index in [-0.39, 0.29) is 0 Å². The Bertz CT molecular complexity index is 703. The van der Waals surface area contributed by atoms with Gasteiger partial charge in [0.1, 0.15) is 0 Å². The molecule has 3 rings (SSSR count). The first kappa shape index (κ1) is 13.4. The Hall–Kier alpha value is -1.54. The highest BCUT2D eigenvalue weighted by Crippen LogP contribution is 2.41. The van der Waals surface area contributed by atoms with E-state index in [0.29, 0.717) is 0 Å². The predicted molar refractivity (Wildman–Crippen MR) is 92.7 cm³/mol. The molecule has 0 aliphatic rings. The fourth-order valence-electron chi connectivity index (χ4n) is 2.93. The summed E-state index contributed by atoms with van der Waals surface area (Å²) in [5.41, 5.74) is 1.35. The van der Waals surface area contributed by atoms with Gasteiger partial charge in [0.05, 0.1) is 5.69 Å². The van der Waals surface area contributed by atoms with Crippen molar-refractivity contribution in [3.8, 4) is 0 Å². The van der Waals surface area contributed by atoms with Crippen LogP contribution in [0.15, 0.2) is 53.0 Å². The summed E-state index contributed by atoms with van der Waals surface area (Å²) >= 11 is 3.79. The van der Waals surface area contributed by atoms with E-state index in [1.165, 1.54) is 31.7 Å². The monoisotopic (exact) mass is 327 g/mol. The Kier molecular flexibility index (Phi) is 3.66. The lowest BCUT2D eigenvalue weighted by molar-refractivity contribution is 0.874. The van der Waals surface area contributed by atoms with Crippen LogP contribution in [0.25, 0.3) is 21.5 Å². The second-order valence-corrected chi connectivity index (χ2v) is 5.72. The van der Waals surface area contributed by atoms with Crippen molar-refractivity contribution in [1.29, 1.82) is 0 Å². The molecule has 0 bridgehead atoms. The SMILES string of the molecule is CCN(CC)c1c2ccccc2c(Br)c2ccccc12. The van der Waals surface area contributed by atoms with Gasteiger partial charge in [-0.3, -0.25) is 0 Å². The minimum atomic E-state index is 1.02. The third-order valence-corrected chi connectivity index (χ3v) is 4.77. The topological polar surface area (TPSA) is 3.24 Å². The van der Waals surface area contributed by atoms with Crippen LogP contribution in [0.1, 0.15) is 13.8 Å². The third-order valence-electron chi connectivity index (χ3n) is 3.92. The van der Waals surface area contributed by atoms with Crippen LogP contribution in [-0.2, 0) is 0 Å². The summed E-state index contributed by atoms with van der Waals surface area (Å²) in [6.45, 7) is 6.47. The van der Waals surface area contributed by atoms with Crippen LogP contribution in [0.2, 0.25) is 0 Å². The van der Waals surface area contributed by atoms with Crippen molar-refractivity contribution in [2.45, 2.75) is 13.8 Å². The molecule has 0 saturated carbocycles. The van der Waals surface area contributed by atoms with E-state index in [1.54, 1.807) is 0 Å². The summed E-state index contributed by atoms with van der Waals surface area (Å²) in [5.74, 6) is 0. The molecule has 0 heterocycles. The molecule has 0 radical (unpaired) electrons. The van der Waals surface area contributed by atoms with Crippen LogP contribution in [0.4, 0.5) is 5.69 Å². The molecule has 2 heteroatoms. The Labute approximate surface area is 128 Å². The van der Waals surface area contributed by atoms with E-state index >= 15 is 0 Å². The van der Waals surface area contributed by atoms with Gasteiger partial charge in [-0.05, 0) is 40.5 Å². The summed E-state index contributed by atoms with van der Waals surface area (Å²) in [5, 5.41) is 5.21. The highest BCUT2D eigenvalue weighted by molar-refractivity contribution is 9.10. The van der Waals surface area contributed by atoms with E-state index < -0.39 is 0 Å². The van der Waals surface area contributed by atoms with Crippen LogP contribution in [0, 0.1) is 0 Å². The number of nitrogens with zero attached hydrogens (tertiary/aromatic N) is 1. The van der Waals surface area contributed by atoms with Gasteiger partial charge >= 0.3 is 0 Å². The van der Waals surface area contributed by atoms with Crippen molar-refractivity contribution >= 4 is 43.2 Å². The summed E-state index contributed by atoms with van der Waals surface area (Å²) in [6, 6.07) is 17.3. The van der Waals surface area contributed by atoms with Crippen LogP contribution in [0.5, 0.6) is 0 Å². The fourth-order valence-corrected chi connectivity index (χ4v) is 3.62. The maximum Gasteiger partial charge on any atom is 0.0526 e. The predicted octanol–water partition coefficient (Wildman–Crippen LogP) is 5.60. The number of halogens is 1. The molecule has 0 N–H and O–H groups in total. The molecule has 3 aromatic rings. The van der Waals surface area contributed by atoms with Crippen molar-refractivity contribution in [2.75, 3.05) is 18.0 Å². The van der Waals surface area contributed by atoms with Gasteiger partial charge in [-0.15, -0.1) is 0 Å². The average Bonchev–Trinajstić information content (AvgIpc) is 2.51. The van der Waals surface area contributed by atoms with Crippen LogP contribution >= 0.6 is 15.9 Å². The van der Waals surface area contributed by atoms with Gasteiger partial charge in [0.25, 0.3) is 0 Å². The normalized spacial score (nSPS) is 11.2. The molecule has 0 saturated heterocycles. The van der Waals surface area contributed by atoms with Crippen molar-refractivity contribution in [3.05, 3.63) is 53.0 Å². The lowest BCUT2D eigenvalue weighted by atomic mass is 10.00. The zero-order valence-corrected chi connectivity index (χ0v) is 13.4. The standard InChI is InChI=1S/C18H18BrN/c1-3-20(4-2)18-15-11-7-5-9-13(15)17(19)14-10-6-8-12-16(14)18/h5-12H,3-4H2,1-2H3. The summed E-state index contributed by atoms with van der Waals surface area (Å²) in [6.07, 6.45) is 0. The molecule has 0 spiro atoms. The van der Waals surface area contributed by atoms with E-state index in [2.05, 4.69) is 83.2 Å². The summed E-state index contributed by atoms with van der Waals surface area (Å²) < 4.78 is 1.19. The second-order valence-electron chi connectivity index (χ2n) is 4.93.